The van der Waals surface area contributed by atoms with Gasteiger partial charge >= 0.3 is 0 Å². The number of allylic oxidation sites excluding steroid dienone is 1. The molecular weight excluding hydrogens is 451 g/mol. The monoisotopic (exact) mass is 468 g/mol. The molecule has 3 aromatic carbocycles. The van der Waals surface area contributed by atoms with Gasteiger partial charge in [0.2, 0.25) is 0 Å². The van der Waals surface area contributed by atoms with Gasteiger partial charge in [0.25, 0.3) is 0 Å². The number of nitrogens with zero attached hydrogens (tertiary/aromatic N) is 2. The number of hydrogen-bond acceptors (Lipinski definition) is 2. The van der Waals surface area contributed by atoms with E-state index in [9.17, 15) is 5.11 Å². The molecule has 0 saturated carbocycles. The largest absolute Gasteiger partial charge is 0.373 e. The summed E-state index contributed by atoms with van der Waals surface area (Å²) in [6.07, 6.45) is 5.52. The van der Waals surface area contributed by atoms with Crippen LogP contribution < -0.4 is 0 Å². The van der Waals surface area contributed by atoms with Gasteiger partial charge in [-0.1, -0.05) is 77.3 Å². The average molecular weight is 470 g/mol. The molecule has 1 aromatic heterocycles. The second-order valence-electron chi connectivity index (χ2n) is 7.05. The summed E-state index contributed by atoms with van der Waals surface area (Å²) in [4.78, 5) is 4.67. The van der Waals surface area contributed by atoms with Gasteiger partial charge in [0.05, 0.1) is 11.9 Å². The van der Waals surface area contributed by atoms with Crippen molar-refractivity contribution >= 4 is 41.0 Å². The zero-order valence-electron chi connectivity index (χ0n) is 16.6. The third-order valence-corrected chi connectivity index (χ3v) is 5.84. The van der Waals surface area contributed by atoms with Crippen LogP contribution in [0.1, 0.15) is 23.9 Å². The first kappa shape index (κ1) is 21.7. The summed E-state index contributed by atoms with van der Waals surface area (Å²) < 4.78 is 1.88. The Kier molecular flexibility index (Phi) is 6.22. The van der Waals surface area contributed by atoms with Crippen LogP contribution in [0.4, 0.5) is 0 Å². The lowest BCUT2D eigenvalue weighted by atomic mass is 9.85. The highest BCUT2D eigenvalue weighted by molar-refractivity contribution is 6.31. The molecule has 3 nitrogen and oxygen atoms in total. The highest BCUT2D eigenvalue weighted by Crippen LogP contribution is 2.39. The quantitative estimate of drug-likeness (QED) is 0.333. The molecule has 1 N–H and O–H groups in total. The lowest BCUT2D eigenvalue weighted by molar-refractivity contribution is 0.114. The van der Waals surface area contributed by atoms with E-state index in [1.807, 2.05) is 48.0 Å². The van der Waals surface area contributed by atoms with E-state index >= 15 is 0 Å². The van der Waals surface area contributed by atoms with E-state index in [1.54, 1.807) is 54.7 Å². The van der Waals surface area contributed by atoms with Crippen LogP contribution in [-0.4, -0.2) is 14.7 Å². The fourth-order valence-electron chi connectivity index (χ4n) is 3.57. The number of aromatic nitrogens is 2. The van der Waals surface area contributed by atoms with Crippen LogP contribution in [-0.2, 0) is 5.60 Å². The number of hydrogen-bond donors (Lipinski definition) is 1. The predicted molar refractivity (Wildman–Crippen MR) is 129 cm³/mol. The van der Waals surface area contributed by atoms with Gasteiger partial charge in [0.15, 0.2) is 11.4 Å². The van der Waals surface area contributed by atoms with Crippen LogP contribution in [0.25, 0.3) is 17.5 Å². The van der Waals surface area contributed by atoms with Gasteiger partial charge in [-0.15, -0.1) is 0 Å². The maximum absolute atomic E-state index is 12.2. The van der Waals surface area contributed by atoms with Gasteiger partial charge in [-0.2, -0.15) is 0 Å². The number of rotatable bonds is 5. The summed E-state index contributed by atoms with van der Waals surface area (Å²) in [5.41, 5.74) is 1.48. The molecular formula is C25H19Cl3N2O. The summed E-state index contributed by atoms with van der Waals surface area (Å²) in [5.74, 6) is 0.445. The second-order valence-corrected chi connectivity index (χ2v) is 8.36. The predicted octanol–water partition coefficient (Wildman–Crippen LogP) is 7.29. The van der Waals surface area contributed by atoms with Gasteiger partial charge in [-0.05, 0) is 54.4 Å². The van der Waals surface area contributed by atoms with Crippen molar-refractivity contribution in [3.8, 4) is 11.3 Å². The van der Waals surface area contributed by atoms with Gasteiger partial charge < -0.3 is 9.67 Å². The summed E-state index contributed by atoms with van der Waals surface area (Å²) in [6.45, 7) is 1.92. The minimum atomic E-state index is -1.54. The Hall–Kier alpha value is -2.56. The molecule has 0 amide bonds. The maximum Gasteiger partial charge on any atom is 0.173 e. The van der Waals surface area contributed by atoms with Crippen LogP contribution in [0.3, 0.4) is 0 Å². The molecule has 0 atom stereocenters. The van der Waals surface area contributed by atoms with E-state index in [1.165, 1.54) is 0 Å². The van der Waals surface area contributed by atoms with Crippen molar-refractivity contribution in [3.05, 3.63) is 117 Å². The Morgan fingerprint density at radius 3 is 1.68 bits per heavy atom. The second kappa shape index (κ2) is 8.89. The van der Waals surface area contributed by atoms with E-state index < -0.39 is 5.60 Å². The average Bonchev–Trinajstić information content (AvgIpc) is 3.19. The van der Waals surface area contributed by atoms with Gasteiger partial charge in [-0.25, -0.2) is 4.98 Å². The third-order valence-electron chi connectivity index (χ3n) is 5.08. The Morgan fingerprint density at radius 2 is 1.23 bits per heavy atom. The van der Waals surface area contributed by atoms with Gasteiger partial charge in [-0.3, -0.25) is 0 Å². The van der Waals surface area contributed by atoms with Crippen LogP contribution in [0.2, 0.25) is 15.1 Å². The first-order chi connectivity index (χ1) is 14.9. The molecule has 0 bridgehead atoms. The van der Waals surface area contributed by atoms with Crippen molar-refractivity contribution in [1.29, 1.82) is 0 Å². The minimum Gasteiger partial charge on any atom is -0.373 e. The van der Waals surface area contributed by atoms with Crippen molar-refractivity contribution in [2.24, 2.45) is 0 Å². The number of aliphatic hydroxyl groups is 1. The first-order valence-corrected chi connectivity index (χ1v) is 10.8. The standard InChI is InChI=1S/C25H19Cl3N2O/c1-2-15-30-23(17-3-9-20(26)10-4-17)16-29-24(30)25(31,18-5-11-21(27)12-6-18)19-7-13-22(28)14-8-19/h2-16,31H,1H3/b15-2+. The number of halogens is 3. The highest BCUT2D eigenvalue weighted by atomic mass is 35.5. The van der Waals surface area contributed by atoms with Crippen LogP contribution in [0.15, 0.2) is 85.1 Å². The van der Waals surface area contributed by atoms with Crippen LogP contribution in [0, 0.1) is 0 Å². The Morgan fingerprint density at radius 1 is 0.774 bits per heavy atom. The summed E-state index contributed by atoms with van der Waals surface area (Å²) in [6, 6.07) is 21.7. The molecule has 0 fully saturated rings. The Balaban J connectivity index is 1.98. The number of imidazole rings is 1. The normalized spacial score (nSPS) is 11.9. The minimum absolute atomic E-state index is 0.445. The number of benzene rings is 3. The third kappa shape index (κ3) is 4.15. The highest BCUT2D eigenvalue weighted by Gasteiger charge is 2.38. The maximum atomic E-state index is 12.2. The molecule has 0 aliphatic heterocycles. The fourth-order valence-corrected chi connectivity index (χ4v) is 3.95. The first-order valence-electron chi connectivity index (χ1n) is 9.64. The fraction of sp³-hybridized carbons (Fsp3) is 0.0800. The molecule has 156 valence electrons. The summed E-state index contributed by atoms with van der Waals surface area (Å²) in [5, 5.41) is 14.0. The van der Waals surface area contributed by atoms with Crippen LogP contribution in [0.5, 0.6) is 0 Å². The molecule has 31 heavy (non-hydrogen) atoms. The smallest absolute Gasteiger partial charge is 0.173 e. The van der Waals surface area contributed by atoms with Crippen molar-refractivity contribution < 1.29 is 5.11 Å². The van der Waals surface area contributed by atoms with E-state index in [4.69, 9.17) is 34.8 Å². The zero-order valence-corrected chi connectivity index (χ0v) is 18.9. The SMILES string of the molecule is C/C=C/n1c(-c2ccc(Cl)cc2)cnc1C(O)(c1ccc(Cl)cc1)c1ccc(Cl)cc1. The topological polar surface area (TPSA) is 38.0 Å². The van der Waals surface area contributed by atoms with Crippen LogP contribution >= 0.6 is 34.8 Å². The van der Waals surface area contributed by atoms with Gasteiger partial charge in [0, 0.05) is 26.8 Å². The van der Waals surface area contributed by atoms with E-state index in [-0.39, 0.29) is 0 Å². The molecule has 0 radical (unpaired) electrons. The van der Waals surface area contributed by atoms with E-state index in [0.717, 1.165) is 11.3 Å². The molecule has 0 saturated heterocycles. The molecule has 0 aliphatic carbocycles. The van der Waals surface area contributed by atoms with E-state index in [0.29, 0.717) is 32.0 Å². The molecule has 4 aromatic rings. The van der Waals surface area contributed by atoms with Crippen molar-refractivity contribution in [2.45, 2.75) is 12.5 Å². The molecule has 4 rings (SSSR count). The van der Waals surface area contributed by atoms with Crippen molar-refractivity contribution in [3.63, 3.8) is 0 Å². The van der Waals surface area contributed by atoms with Gasteiger partial charge in [0.1, 0.15) is 0 Å². The Labute approximate surface area is 196 Å². The van der Waals surface area contributed by atoms with Crippen molar-refractivity contribution in [2.75, 3.05) is 0 Å². The summed E-state index contributed by atoms with van der Waals surface area (Å²) >= 11 is 18.3. The summed E-state index contributed by atoms with van der Waals surface area (Å²) in [7, 11) is 0. The molecule has 6 heteroatoms. The molecule has 0 aliphatic rings. The molecule has 0 unspecified atom stereocenters. The Bertz CT molecular complexity index is 1170. The van der Waals surface area contributed by atoms with E-state index in [2.05, 4.69) is 4.98 Å². The lowest BCUT2D eigenvalue weighted by Gasteiger charge is -2.29. The van der Waals surface area contributed by atoms with Crippen molar-refractivity contribution in [1.82, 2.24) is 9.55 Å². The molecule has 1 heterocycles. The zero-order chi connectivity index (χ0) is 22.0. The lowest BCUT2D eigenvalue weighted by Crippen LogP contribution is -2.32. The molecule has 0 spiro atoms.